The van der Waals surface area contributed by atoms with Crippen LogP contribution in [0.5, 0.6) is 5.75 Å². The maximum Gasteiger partial charge on any atom is 0.337 e. The van der Waals surface area contributed by atoms with Gasteiger partial charge in [-0.25, -0.2) is 9.18 Å². The van der Waals surface area contributed by atoms with E-state index in [0.717, 1.165) is 16.7 Å². The van der Waals surface area contributed by atoms with E-state index in [9.17, 15) is 19.1 Å². The van der Waals surface area contributed by atoms with Gasteiger partial charge in [0.2, 0.25) is 0 Å². The number of esters is 1. The van der Waals surface area contributed by atoms with Gasteiger partial charge in [0.1, 0.15) is 11.6 Å². The van der Waals surface area contributed by atoms with Crippen LogP contribution in [0, 0.1) is 12.7 Å². The molecule has 0 unspecified atom stereocenters. The summed E-state index contributed by atoms with van der Waals surface area (Å²) in [5.74, 6) is -1.46. The fraction of sp³-hybridized carbons (Fsp3) is 0.143. The Morgan fingerprint density at radius 3 is 2.70 bits per heavy atom. The first-order chi connectivity index (χ1) is 9.43. The molecule has 0 saturated heterocycles. The summed E-state index contributed by atoms with van der Waals surface area (Å²) < 4.78 is 19.4. The molecule has 1 aromatic carbocycles. The fourth-order valence-electron chi connectivity index (χ4n) is 1.75. The predicted octanol–water partition coefficient (Wildman–Crippen LogP) is 1.78. The van der Waals surface area contributed by atoms with Crippen LogP contribution in [0.25, 0.3) is 5.69 Å². The number of aryl methyl sites for hydroxylation is 1. The molecule has 0 amide bonds. The summed E-state index contributed by atoms with van der Waals surface area (Å²) in [7, 11) is 1.21. The molecule has 0 atom stereocenters. The fourth-order valence-corrected chi connectivity index (χ4v) is 1.75. The second-order valence-corrected chi connectivity index (χ2v) is 4.21. The minimum Gasteiger partial charge on any atom is -0.507 e. The van der Waals surface area contributed by atoms with Crippen LogP contribution >= 0.6 is 0 Å². The van der Waals surface area contributed by atoms with Crippen molar-refractivity contribution < 1.29 is 19.0 Å². The van der Waals surface area contributed by atoms with E-state index in [1.54, 1.807) is 6.92 Å². The van der Waals surface area contributed by atoms with E-state index in [2.05, 4.69) is 4.74 Å². The summed E-state index contributed by atoms with van der Waals surface area (Å²) in [4.78, 5) is 23.3. The Bertz CT molecular complexity index is 736. The lowest BCUT2D eigenvalue weighted by molar-refractivity contribution is 0.0600. The molecule has 1 aromatic heterocycles. The maximum absolute atomic E-state index is 13.9. The lowest BCUT2D eigenvalue weighted by Crippen LogP contribution is -2.18. The SMILES string of the molecule is COC(=O)c1ccc(F)c(-n2cc(C)c(O)cc2=O)c1. The largest absolute Gasteiger partial charge is 0.507 e. The number of aromatic hydroxyl groups is 1. The first kappa shape index (κ1) is 13.8. The Kier molecular flexibility index (Phi) is 3.56. The van der Waals surface area contributed by atoms with Crippen molar-refractivity contribution in [3.05, 3.63) is 57.8 Å². The molecule has 104 valence electrons. The molecule has 6 heteroatoms. The van der Waals surface area contributed by atoms with Gasteiger partial charge in [-0.15, -0.1) is 0 Å². The minimum absolute atomic E-state index is 0.0824. The normalized spacial score (nSPS) is 10.3. The highest BCUT2D eigenvalue weighted by atomic mass is 19.1. The molecule has 1 N–H and O–H groups in total. The third-order valence-electron chi connectivity index (χ3n) is 2.85. The summed E-state index contributed by atoms with van der Waals surface area (Å²) in [6.07, 6.45) is 1.30. The Labute approximate surface area is 113 Å². The summed E-state index contributed by atoms with van der Waals surface area (Å²) in [5.41, 5.74) is -0.149. The van der Waals surface area contributed by atoms with Gasteiger partial charge in [-0.05, 0) is 25.1 Å². The quantitative estimate of drug-likeness (QED) is 0.849. The molecule has 0 fully saturated rings. The second-order valence-electron chi connectivity index (χ2n) is 4.21. The molecule has 0 spiro atoms. The number of carbonyl (C=O) groups excluding carboxylic acids is 1. The van der Waals surface area contributed by atoms with Crippen molar-refractivity contribution in [2.24, 2.45) is 0 Å². The highest BCUT2D eigenvalue weighted by Gasteiger charge is 2.13. The predicted molar refractivity (Wildman–Crippen MR) is 69.7 cm³/mol. The van der Waals surface area contributed by atoms with Crippen LogP contribution in [0.1, 0.15) is 15.9 Å². The monoisotopic (exact) mass is 277 g/mol. The number of hydrogen-bond acceptors (Lipinski definition) is 4. The summed E-state index contributed by atoms with van der Waals surface area (Å²) in [5, 5.41) is 9.44. The van der Waals surface area contributed by atoms with Gasteiger partial charge in [0.05, 0.1) is 18.4 Å². The van der Waals surface area contributed by atoms with E-state index in [1.807, 2.05) is 0 Å². The molecule has 0 radical (unpaired) electrons. The van der Waals surface area contributed by atoms with Crippen LogP contribution in [0.4, 0.5) is 4.39 Å². The van der Waals surface area contributed by atoms with E-state index in [4.69, 9.17) is 0 Å². The Hall–Kier alpha value is -2.63. The van der Waals surface area contributed by atoms with Crippen molar-refractivity contribution in [3.8, 4) is 11.4 Å². The lowest BCUT2D eigenvalue weighted by atomic mass is 10.2. The molecule has 0 aliphatic carbocycles. The lowest BCUT2D eigenvalue weighted by Gasteiger charge is -2.10. The van der Waals surface area contributed by atoms with E-state index >= 15 is 0 Å². The van der Waals surface area contributed by atoms with Gasteiger partial charge in [-0.1, -0.05) is 0 Å². The van der Waals surface area contributed by atoms with Crippen LogP contribution in [-0.2, 0) is 4.74 Å². The van der Waals surface area contributed by atoms with Crippen LogP contribution in [0.15, 0.2) is 35.3 Å². The van der Waals surface area contributed by atoms with E-state index < -0.39 is 17.3 Å². The van der Waals surface area contributed by atoms with Gasteiger partial charge in [0, 0.05) is 17.8 Å². The van der Waals surface area contributed by atoms with Crippen molar-refractivity contribution in [2.75, 3.05) is 7.11 Å². The molecule has 2 aromatic rings. The molecule has 20 heavy (non-hydrogen) atoms. The number of ether oxygens (including phenoxy) is 1. The molecule has 1 heterocycles. The Morgan fingerprint density at radius 1 is 1.35 bits per heavy atom. The number of nitrogens with zero attached hydrogens (tertiary/aromatic N) is 1. The van der Waals surface area contributed by atoms with Crippen molar-refractivity contribution in [2.45, 2.75) is 6.92 Å². The molecular formula is C14H12FNO4. The van der Waals surface area contributed by atoms with Gasteiger partial charge < -0.3 is 9.84 Å². The number of benzene rings is 1. The molecule has 0 aliphatic heterocycles. The molecule has 0 aliphatic rings. The number of methoxy groups -OCH3 is 1. The first-order valence-corrected chi connectivity index (χ1v) is 5.74. The first-order valence-electron chi connectivity index (χ1n) is 5.74. The topological polar surface area (TPSA) is 68.5 Å². The number of rotatable bonds is 2. The number of hydrogen-bond donors (Lipinski definition) is 1. The number of pyridine rings is 1. The van der Waals surface area contributed by atoms with E-state index in [1.165, 1.54) is 25.4 Å². The van der Waals surface area contributed by atoms with Gasteiger partial charge in [0.25, 0.3) is 5.56 Å². The average Bonchev–Trinajstić information content (AvgIpc) is 2.43. The van der Waals surface area contributed by atoms with Crippen LogP contribution in [0.2, 0.25) is 0 Å². The third kappa shape index (κ3) is 2.40. The van der Waals surface area contributed by atoms with E-state index in [0.29, 0.717) is 5.56 Å². The summed E-state index contributed by atoms with van der Waals surface area (Å²) in [6.45, 7) is 1.58. The van der Waals surface area contributed by atoms with Crippen molar-refractivity contribution in [1.82, 2.24) is 4.57 Å². The van der Waals surface area contributed by atoms with Crippen LogP contribution in [-0.4, -0.2) is 22.8 Å². The summed E-state index contributed by atoms with van der Waals surface area (Å²) in [6, 6.07) is 4.55. The third-order valence-corrected chi connectivity index (χ3v) is 2.85. The molecule has 0 bridgehead atoms. The second kappa shape index (κ2) is 5.16. The average molecular weight is 277 g/mol. The number of halogens is 1. The number of aromatic nitrogens is 1. The van der Waals surface area contributed by atoms with Crippen molar-refractivity contribution in [3.63, 3.8) is 0 Å². The maximum atomic E-state index is 13.9. The van der Waals surface area contributed by atoms with Crippen molar-refractivity contribution >= 4 is 5.97 Å². The van der Waals surface area contributed by atoms with Crippen LogP contribution < -0.4 is 5.56 Å². The molecule has 5 nitrogen and oxygen atoms in total. The highest BCUT2D eigenvalue weighted by molar-refractivity contribution is 5.89. The standard InChI is InChI=1S/C14H12FNO4/c1-8-7-16(13(18)6-12(8)17)11-5-9(14(19)20-2)3-4-10(11)15/h3-7,17H,1-2H3. The molecule has 2 rings (SSSR count). The van der Waals surface area contributed by atoms with Gasteiger partial charge >= 0.3 is 5.97 Å². The number of carbonyl (C=O) groups is 1. The highest BCUT2D eigenvalue weighted by Crippen LogP contribution is 2.18. The Balaban J connectivity index is 2.66. The van der Waals surface area contributed by atoms with Crippen molar-refractivity contribution in [1.29, 1.82) is 0 Å². The zero-order chi connectivity index (χ0) is 14.9. The van der Waals surface area contributed by atoms with Gasteiger partial charge in [0.15, 0.2) is 0 Å². The summed E-state index contributed by atoms with van der Waals surface area (Å²) >= 11 is 0. The minimum atomic E-state index is -0.662. The Morgan fingerprint density at radius 2 is 2.05 bits per heavy atom. The van der Waals surface area contributed by atoms with Gasteiger partial charge in [-0.3, -0.25) is 9.36 Å². The smallest absolute Gasteiger partial charge is 0.337 e. The van der Waals surface area contributed by atoms with Gasteiger partial charge in [-0.2, -0.15) is 0 Å². The molecule has 0 saturated carbocycles. The van der Waals surface area contributed by atoms with E-state index in [-0.39, 0.29) is 17.0 Å². The van der Waals surface area contributed by atoms with Crippen LogP contribution in [0.3, 0.4) is 0 Å². The molecular weight excluding hydrogens is 265 g/mol. The zero-order valence-electron chi connectivity index (χ0n) is 10.9. The zero-order valence-corrected chi connectivity index (χ0v) is 10.9.